The number of carbonyl (C=O) groups is 1. The van der Waals surface area contributed by atoms with Crippen molar-refractivity contribution in [3.8, 4) is 5.75 Å². The molecule has 0 saturated carbocycles. The number of benzene rings is 2. The molecule has 0 bridgehead atoms. The topological polar surface area (TPSA) is 29.5 Å². The van der Waals surface area contributed by atoms with Gasteiger partial charge >= 0.3 is 5.97 Å². The lowest BCUT2D eigenvalue weighted by atomic mass is 10.1. The summed E-state index contributed by atoms with van der Waals surface area (Å²) in [5.74, 6) is 0.110. The summed E-state index contributed by atoms with van der Waals surface area (Å²) in [6, 6.07) is 11.6. The molecule has 0 fully saturated rings. The molecule has 0 heterocycles. The molecule has 2 aromatic carbocycles. The predicted molar refractivity (Wildman–Crippen MR) is 74.1 cm³/mol. The Morgan fingerprint density at radius 1 is 1.17 bits per heavy atom. The van der Waals surface area contributed by atoms with E-state index in [0.29, 0.717) is 5.75 Å². The Labute approximate surface area is 106 Å². The van der Waals surface area contributed by atoms with Crippen LogP contribution >= 0.6 is 0 Å². The molecular formula is C15H15NO2. The molecule has 0 aliphatic carbocycles. The van der Waals surface area contributed by atoms with Crippen molar-refractivity contribution in [1.82, 2.24) is 0 Å². The van der Waals surface area contributed by atoms with Gasteiger partial charge in [0.25, 0.3) is 0 Å². The lowest BCUT2D eigenvalue weighted by Gasteiger charge is -2.17. The van der Waals surface area contributed by atoms with Crippen LogP contribution in [0.4, 0.5) is 5.69 Å². The zero-order chi connectivity index (χ0) is 13.1. The van der Waals surface area contributed by atoms with Crippen molar-refractivity contribution in [1.29, 1.82) is 0 Å². The smallest absolute Gasteiger partial charge is 0.335 e. The molecule has 2 aromatic rings. The van der Waals surface area contributed by atoms with E-state index < -0.39 is 5.97 Å². The highest BCUT2D eigenvalue weighted by Crippen LogP contribution is 2.32. The molecule has 0 unspecified atom stereocenters. The van der Waals surface area contributed by atoms with Crippen LogP contribution < -0.4 is 9.64 Å². The van der Waals surface area contributed by atoms with Crippen LogP contribution in [0.3, 0.4) is 0 Å². The molecule has 0 radical (unpaired) electrons. The van der Waals surface area contributed by atoms with E-state index in [-0.39, 0.29) is 0 Å². The molecule has 3 heteroatoms. The summed E-state index contributed by atoms with van der Waals surface area (Å²) < 4.78 is 5.24. The van der Waals surface area contributed by atoms with Gasteiger partial charge in [0.1, 0.15) is 5.75 Å². The number of carbonyl (C=O) groups excluding carboxylic acids is 1. The predicted octanol–water partition coefficient (Wildman–Crippen LogP) is 3.00. The van der Waals surface area contributed by atoms with Crippen LogP contribution in [0.2, 0.25) is 0 Å². The fourth-order valence-corrected chi connectivity index (χ4v) is 1.88. The Kier molecular flexibility index (Phi) is 3.33. The summed E-state index contributed by atoms with van der Waals surface area (Å²) in [6.45, 7) is 3.40. The van der Waals surface area contributed by atoms with Gasteiger partial charge in [-0.1, -0.05) is 30.8 Å². The first-order valence-electron chi connectivity index (χ1n) is 5.67. The van der Waals surface area contributed by atoms with Gasteiger partial charge in [-0.05, 0) is 12.1 Å². The number of hydrogen-bond acceptors (Lipinski definition) is 3. The van der Waals surface area contributed by atoms with Gasteiger partial charge in [0, 0.05) is 36.6 Å². The molecule has 0 spiro atoms. The van der Waals surface area contributed by atoms with Crippen molar-refractivity contribution >= 4 is 22.4 Å². The molecule has 0 aliphatic rings. The maximum atomic E-state index is 11.3. The summed E-state index contributed by atoms with van der Waals surface area (Å²) in [7, 11) is 3.97. The Bertz CT molecular complexity index is 602. The van der Waals surface area contributed by atoms with Crippen LogP contribution in [0.25, 0.3) is 10.8 Å². The lowest BCUT2D eigenvalue weighted by molar-refractivity contribution is -0.128. The first kappa shape index (κ1) is 12.2. The van der Waals surface area contributed by atoms with Crippen LogP contribution in [-0.4, -0.2) is 20.1 Å². The van der Waals surface area contributed by atoms with Gasteiger partial charge in [-0.3, -0.25) is 0 Å². The van der Waals surface area contributed by atoms with E-state index in [1.807, 2.05) is 49.3 Å². The molecule has 0 aliphatic heterocycles. The van der Waals surface area contributed by atoms with E-state index in [1.54, 1.807) is 6.07 Å². The molecule has 0 amide bonds. The number of esters is 1. The Balaban J connectivity index is 2.60. The van der Waals surface area contributed by atoms with Gasteiger partial charge in [-0.25, -0.2) is 4.79 Å². The van der Waals surface area contributed by atoms with Gasteiger partial charge < -0.3 is 9.64 Å². The monoisotopic (exact) mass is 241 g/mol. The van der Waals surface area contributed by atoms with Gasteiger partial charge in [-0.15, -0.1) is 0 Å². The van der Waals surface area contributed by atoms with Crippen molar-refractivity contribution in [3.63, 3.8) is 0 Å². The molecule has 0 N–H and O–H groups in total. The van der Waals surface area contributed by atoms with Gasteiger partial charge in [0.2, 0.25) is 0 Å². The van der Waals surface area contributed by atoms with E-state index in [2.05, 4.69) is 6.58 Å². The minimum Gasteiger partial charge on any atom is -0.423 e. The van der Waals surface area contributed by atoms with E-state index in [9.17, 15) is 4.79 Å². The molecule has 92 valence electrons. The zero-order valence-corrected chi connectivity index (χ0v) is 10.5. The minimum atomic E-state index is -0.447. The number of hydrogen-bond donors (Lipinski definition) is 0. The molecule has 0 saturated heterocycles. The van der Waals surface area contributed by atoms with E-state index in [1.165, 1.54) is 0 Å². The maximum Gasteiger partial charge on any atom is 0.335 e. The maximum absolute atomic E-state index is 11.3. The Morgan fingerprint density at radius 3 is 2.44 bits per heavy atom. The third-order valence-corrected chi connectivity index (χ3v) is 2.72. The Morgan fingerprint density at radius 2 is 1.83 bits per heavy atom. The zero-order valence-electron chi connectivity index (χ0n) is 10.5. The standard InChI is InChI=1S/C15H15NO2/c1-4-15(17)18-14-10-9-13(16(2)3)11-7-5-6-8-12(11)14/h4-10H,1H2,2-3H3. The highest BCUT2D eigenvalue weighted by atomic mass is 16.5. The third kappa shape index (κ3) is 2.20. The van der Waals surface area contributed by atoms with Crippen molar-refractivity contribution < 1.29 is 9.53 Å². The van der Waals surface area contributed by atoms with Crippen molar-refractivity contribution in [2.75, 3.05) is 19.0 Å². The van der Waals surface area contributed by atoms with Gasteiger partial charge in [-0.2, -0.15) is 0 Å². The lowest BCUT2D eigenvalue weighted by Crippen LogP contribution is -2.10. The second-order valence-electron chi connectivity index (χ2n) is 4.15. The summed E-state index contributed by atoms with van der Waals surface area (Å²) >= 11 is 0. The number of anilines is 1. The normalized spacial score (nSPS) is 10.1. The summed E-state index contributed by atoms with van der Waals surface area (Å²) in [5, 5.41) is 1.97. The molecule has 18 heavy (non-hydrogen) atoms. The SMILES string of the molecule is C=CC(=O)Oc1ccc(N(C)C)c2ccccc12. The quantitative estimate of drug-likeness (QED) is 0.470. The van der Waals surface area contributed by atoms with Gasteiger partial charge in [0.05, 0.1) is 0 Å². The first-order chi connectivity index (χ1) is 8.63. The van der Waals surface area contributed by atoms with Crippen molar-refractivity contribution in [2.24, 2.45) is 0 Å². The van der Waals surface area contributed by atoms with Crippen LogP contribution in [0, 0.1) is 0 Å². The molecule has 2 rings (SSSR count). The van der Waals surface area contributed by atoms with Crippen LogP contribution in [0.5, 0.6) is 5.75 Å². The van der Waals surface area contributed by atoms with E-state index in [4.69, 9.17) is 4.74 Å². The second kappa shape index (κ2) is 4.92. The molecule has 0 aromatic heterocycles. The van der Waals surface area contributed by atoms with Crippen molar-refractivity contribution in [2.45, 2.75) is 0 Å². The number of rotatable bonds is 3. The number of ether oxygens (including phenoxy) is 1. The summed E-state index contributed by atoms with van der Waals surface area (Å²) in [5.41, 5.74) is 1.09. The highest BCUT2D eigenvalue weighted by molar-refractivity contribution is 5.99. The highest BCUT2D eigenvalue weighted by Gasteiger charge is 2.09. The number of fused-ring (bicyclic) bond motifs is 1. The fraction of sp³-hybridized carbons (Fsp3) is 0.133. The van der Waals surface area contributed by atoms with Gasteiger partial charge in [0.15, 0.2) is 0 Å². The first-order valence-corrected chi connectivity index (χ1v) is 5.67. The fourth-order valence-electron chi connectivity index (χ4n) is 1.88. The average Bonchev–Trinajstić information content (AvgIpc) is 2.38. The van der Waals surface area contributed by atoms with Crippen LogP contribution in [-0.2, 0) is 4.79 Å². The largest absolute Gasteiger partial charge is 0.423 e. The van der Waals surface area contributed by atoms with E-state index >= 15 is 0 Å². The minimum absolute atomic E-state index is 0.447. The second-order valence-corrected chi connectivity index (χ2v) is 4.15. The summed E-state index contributed by atoms with van der Waals surface area (Å²) in [4.78, 5) is 13.3. The molecule has 0 atom stereocenters. The van der Waals surface area contributed by atoms with Crippen LogP contribution in [0.1, 0.15) is 0 Å². The van der Waals surface area contributed by atoms with Crippen LogP contribution in [0.15, 0.2) is 49.1 Å². The molecule has 3 nitrogen and oxygen atoms in total. The third-order valence-electron chi connectivity index (χ3n) is 2.72. The van der Waals surface area contributed by atoms with E-state index in [0.717, 1.165) is 22.5 Å². The average molecular weight is 241 g/mol. The summed E-state index contributed by atoms with van der Waals surface area (Å²) in [6.07, 6.45) is 1.16. The number of nitrogens with zero attached hydrogens (tertiary/aromatic N) is 1. The molecular weight excluding hydrogens is 226 g/mol. The Hall–Kier alpha value is -2.29. The van der Waals surface area contributed by atoms with Crippen molar-refractivity contribution in [3.05, 3.63) is 49.1 Å².